The second-order valence-electron chi connectivity index (χ2n) is 10.1. The lowest BCUT2D eigenvalue weighted by Gasteiger charge is -2.34. The predicted molar refractivity (Wildman–Crippen MR) is 138 cm³/mol. The molecule has 0 aliphatic carbocycles. The molecule has 181 valence electrons. The van der Waals surface area contributed by atoms with Gasteiger partial charge in [-0.3, -0.25) is 4.79 Å². The Labute approximate surface area is 201 Å². The van der Waals surface area contributed by atoms with Crippen LogP contribution in [0.25, 0.3) is 0 Å². The minimum Gasteiger partial charge on any atom is -0.489 e. The summed E-state index contributed by atoms with van der Waals surface area (Å²) in [6, 6.07) is 18.7. The number of carbonyl (C=O) groups excluding carboxylic acids is 1. The molecule has 0 spiro atoms. The predicted octanol–water partition coefficient (Wildman–Crippen LogP) is 4.91. The summed E-state index contributed by atoms with van der Waals surface area (Å²) in [6.07, 6.45) is 4.09. The van der Waals surface area contributed by atoms with Crippen LogP contribution in [0, 0.1) is 18.3 Å². The summed E-state index contributed by atoms with van der Waals surface area (Å²) in [5.41, 5.74) is 7.79. The normalized spacial score (nSPS) is 12.5. The van der Waals surface area contributed by atoms with E-state index in [2.05, 4.69) is 75.7 Å². The van der Waals surface area contributed by atoms with E-state index in [-0.39, 0.29) is 11.8 Å². The summed E-state index contributed by atoms with van der Waals surface area (Å²) >= 11 is 0. The molecule has 0 fully saturated rings. The van der Waals surface area contributed by atoms with Gasteiger partial charge >= 0.3 is 0 Å². The Bertz CT molecular complexity index is 819. The number of nitrogens with zero attached hydrogens (tertiary/aromatic N) is 2. The van der Waals surface area contributed by atoms with Gasteiger partial charge in [0.05, 0.1) is 33.7 Å². The van der Waals surface area contributed by atoms with E-state index in [1.807, 2.05) is 25.1 Å². The number of nitrogens with two attached hydrogens (primary N) is 1. The first-order valence-electron chi connectivity index (χ1n) is 12.1. The van der Waals surface area contributed by atoms with Crippen molar-refractivity contribution in [3.05, 3.63) is 66.6 Å². The first kappa shape index (κ1) is 26.7. The van der Waals surface area contributed by atoms with Gasteiger partial charge in [0, 0.05) is 24.6 Å². The molecular weight excluding hydrogens is 410 g/mol. The monoisotopic (exact) mass is 453 g/mol. The zero-order valence-electron chi connectivity index (χ0n) is 21.2. The first-order chi connectivity index (χ1) is 15.7. The molecule has 1 radical (unpaired) electrons. The molecule has 0 saturated carbocycles. The molecule has 1 unspecified atom stereocenters. The number of primary amides is 1. The fraction of sp³-hybridized carbons (Fsp3) is 0.500. The van der Waals surface area contributed by atoms with Gasteiger partial charge < -0.3 is 19.9 Å². The zero-order valence-corrected chi connectivity index (χ0v) is 21.2. The molecule has 2 rings (SSSR count). The molecule has 0 aliphatic heterocycles. The number of quaternary nitrogens is 1. The van der Waals surface area contributed by atoms with Crippen molar-refractivity contribution < 1.29 is 14.0 Å². The number of hydrogen-bond acceptors (Lipinski definition) is 3. The molecule has 2 aromatic carbocycles. The van der Waals surface area contributed by atoms with Crippen LogP contribution in [0.3, 0.4) is 0 Å². The van der Waals surface area contributed by atoms with Crippen molar-refractivity contribution in [3.63, 3.8) is 0 Å². The highest BCUT2D eigenvalue weighted by molar-refractivity contribution is 5.76. The maximum atomic E-state index is 11.3. The van der Waals surface area contributed by atoms with Gasteiger partial charge in [-0.1, -0.05) is 51.1 Å². The number of hydrogen-bond donors (Lipinski definition) is 1. The summed E-state index contributed by atoms with van der Waals surface area (Å²) in [4.78, 5) is 13.8. The van der Waals surface area contributed by atoms with Crippen LogP contribution in [0.4, 0.5) is 5.69 Å². The number of likely N-dealkylation sites (N-methyl/N-ethyl adjacent to an activating group) is 1. The van der Waals surface area contributed by atoms with E-state index in [0.717, 1.165) is 49.3 Å². The van der Waals surface area contributed by atoms with Crippen molar-refractivity contribution in [1.82, 2.24) is 0 Å². The molecule has 0 saturated heterocycles. The zero-order chi connectivity index (χ0) is 24.3. The van der Waals surface area contributed by atoms with Gasteiger partial charge in [-0.2, -0.15) is 0 Å². The van der Waals surface area contributed by atoms with E-state index < -0.39 is 0 Å². The minimum atomic E-state index is -0.229. The number of rotatable bonds is 15. The Morgan fingerprint density at radius 3 is 2.30 bits per heavy atom. The van der Waals surface area contributed by atoms with Crippen LogP contribution < -0.4 is 15.4 Å². The van der Waals surface area contributed by atoms with Crippen molar-refractivity contribution in [2.75, 3.05) is 45.2 Å². The summed E-state index contributed by atoms with van der Waals surface area (Å²) in [6.45, 7) is 11.0. The van der Waals surface area contributed by atoms with E-state index in [9.17, 15) is 4.79 Å². The highest BCUT2D eigenvalue weighted by Crippen LogP contribution is 2.22. The third-order valence-corrected chi connectivity index (χ3v) is 6.03. The van der Waals surface area contributed by atoms with Crippen LogP contribution in [-0.4, -0.2) is 50.7 Å². The molecule has 2 aromatic rings. The van der Waals surface area contributed by atoms with E-state index in [0.29, 0.717) is 12.5 Å². The molecule has 0 bridgehead atoms. The Morgan fingerprint density at radius 1 is 1.03 bits per heavy atom. The van der Waals surface area contributed by atoms with Gasteiger partial charge in [-0.05, 0) is 48.6 Å². The topological polar surface area (TPSA) is 55.6 Å². The Balaban J connectivity index is 1.93. The van der Waals surface area contributed by atoms with E-state index in [4.69, 9.17) is 10.5 Å². The first-order valence-corrected chi connectivity index (χ1v) is 12.1. The standard InChI is InChI=1S/C28H42N3O2/c1-23(2)17-18-30(19-21-31(4,5)20-9-10-24(3)28(29)32)26-13-15-27(16-14-26)33-22-25-11-7-6-8-12-25/h6-9,11-16,23-24H,10,17-22H2,1-5H3,(H-,29,32)/p+1. The van der Waals surface area contributed by atoms with Crippen LogP contribution in [-0.2, 0) is 11.4 Å². The second-order valence-corrected chi connectivity index (χ2v) is 10.1. The number of carbonyl (C=O) groups is 1. The van der Waals surface area contributed by atoms with E-state index in [1.54, 1.807) is 0 Å². The van der Waals surface area contributed by atoms with Crippen LogP contribution in [0.15, 0.2) is 54.6 Å². The van der Waals surface area contributed by atoms with Gasteiger partial charge in [0.1, 0.15) is 12.4 Å². The van der Waals surface area contributed by atoms with Crippen LogP contribution in [0.1, 0.15) is 39.2 Å². The smallest absolute Gasteiger partial charge is 0.220 e. The summed E-state index contributed by atoms with van der Waals surface area (Å²) < 4.78 is 6.84. The van der Waals surface area contributed by atoms with E-state index in [1.165, 1.54) is 11.3 Å². The van der Waals surface area contributed by atoms with Crippen molar-refractivity contribution in [1.29, 1.82) is 0 Å². The molecule has 0 aromatic heterocycles. The van der Waals surface area contributed by atoms with Crippen LogP contribution >= 0.6 is 0 Å². The van der Waals surface area contributed by atoms with Gasteiger partial charge in [0.2, 0.25) is 5.91 Å². The molecule has 2 N–H and O–H groups in total. The number of anilines is 1. The van der Waals surface area contributed by atoms with Gasteiger partial charge in [0.15, 0.2) is 0 Å². The number of benzene rings is 2. The second kappa shape index (κ2) is 13.2. The largest absolute Gasteiger partial charge is 0.489 e. The maximum absolute atomic E-state index is 11.3. The quantitative estimate of drug-likeness (QED) is 0.390. The summed E-state index contributed by atoms with van der Waals surface area (Å²) in [7, 11) is 4.49. The SMILES string of the molecule is CC(C)CCN(CC[N+](C)(C)C[CH]CC(C)C(N)=O)c1ccc(OCc2ccccc2)cc1. The average molecular weight is 454 g/mol. The minimum absolute atomic E-state index is 0.102. The Hall–Kier alpha value is -2.53. The van der Waals surface area contributed by atoms with Gasteiger partial charge in [-0.25, -0.2) is 0 Å². The molecule has 5 heteroatoms. The molecule has 5 nitrogen and oxygen atoms in total. The van der Waals surface area contributed by atoms with Crippen molar-refractivity contribution in [2.24, 2.45) is 17.6 Å². The van der Waals surface area contributed by atoms with E-state index >= 15 is 0 Å². The molecule has 33 heavy (non-hydrogen) atoms. The maximum Gasteiger partial charge on any atom is 0.220 e. The molecular formula is C28H43N3O2+. The van der Waals surface area contributed by atoms with Gasteiger partial charge in [-0.15, -0.1) is 0 Å². The summed E-state index contributed by atoms with van der Waals surface area (Å²) in [5.74, 6) is 1.22. The van der Waals surface area contributed by atoms with Crippen LogP contribution in [0.2, 0.25) is 0 Å². The Kier molecular flexibility index (Phi) is 10.7. The molecule has 0 aliphatic rings. The Morgan fingerprint density at radius 2 is 1.70 bits per heavy atom. The summed E-state index contributed by atoms with van der Waals surface area (Å²) in [5, 5.41) is 0. The number of amides is 1. The lowest BCUT2D eigenvalue weighted by Crippen LogP contribution is -2.46. The third kappa shape index (κ3) is 10.3. The molecule has 0 heterocycles. The molecule has 1 atom stereocenters. The lowest BCUT2D eigenvalue weighted by atomic mass is 10.0. The van der Waals surface area contributed by atoms with Crippen molar-refractivity contribution in [2.45, 2.75) is 40.2 Å². The number of ether oxygens (including phenoxy) is 1. The highest BCUT2D eigenvalue weighted by Gasteiger charge is 2.19. The average Bonchev–Trinajstić information content (AvgIpc) is 2.78. The molecule has 1 amide bonds. The van der Waals surface area contributed by atoms with Crippen LogP contribution in [0.5, 0.6) is 5.75 Å². The fourth-order valence-electron chi connectivity index (χ4n) is 3.55. The van der Waals surface area contributed by atoms with Gasteiger partial charge in [0.25, 0.3) is 0 Å². The fourth-order valence-corrected chi connectivity index (χ4v) is 3.55. The third-order valence-electron chi connectivity index (χ3n) is 6.03. The van der Waals surface area contributed by atoms with Crippen molar-refractivity contribution >= 4 is 11.6 Å². The lowest BCUT2D eigenvalue weighted by molar-refractivity contribution is -0.884. The van der Waals surface area contributed by atoms with Crippen molar-refractivity contribution in [3.8, 4) is 5.75 Å². The highest BCUT2D eigenvalue weighted by atomic mass is 16.5.